The fourth-order valence-corrected chi connectivity index (χ4v) is 5.22. The third-order valence-electron chi connectivity index (χ3n) is 5.28. The number of hydrazone groups is 1. The van der Waals surface area contributed by atoms with Gasteiger partial charge in [-0.2, -0.15) is 5.10 Å². The Kier molecular flexibility index (Phi) is 4.52. The molecular formula is C23H18Br2N2O. The average Bonchev–Trinajstić information content (AvgIpc) is 3.14. The molecule has 0 unspecified atom stereocenters. The molecule has 5 rings (SSSR count). The van der Waals surface area contributed by atoms with Crippen molar-refractivity contribution in [3.8, 4) is 5.75 Å². The SMILES string of the molecule is Cc1ccc(C2=NN3[C@@H](C2)c2cc(Br)cc(Br)c2O[C@H]3c2ccccc2)cc1. The van der Waals surface area contributed by atoms with Gasteiger partial charge >= 0.3 is 0 Å². The molecule has 0 radical (unpaired) electrons. The van der Waals surface area contributed by atoms with E-state index in [1.54, 1.807) is 0 Å². The number of nitrogens with zero attached hydrogens (tertiary/aromatic N) is 2. The fraction of sp³-hybridized carbons (Fsp3) is 0.174. The number of ether oxygens (including phenoxy) is 1. The number of hydrogen-bond acceptors (Lipinski definition) is 3. The second-order valence-electron chi connectivity index (χ2n) is 7.20. The van der Waals surface area contributed by atoms with E-state index in [4.69, 9.17) is 9.84 Å². The topological polar surface area (TPSA) is 24.8 Å². The van der Waals surface area contributed by atoms with Crippen LogP contribution in [-0.4, -0.2) is 10.7 Å². The predicted octanol–water partition coefficient (Wildman–Crippen LogP) is 6.76. The van der Waals surface area contributed by atoms with Crippen LogP contribution in [0.4, 0.5) is 0 Å². The zero-order chi connectivity index (χ0) is 19.3. The Morgan fingerprint density at radius 1 is 1.00 bits per heavy atom. The molecule has 5 heteroatoms. The summed E-state index contributed by atoms with van der Waals surface area (Å²) in [7, 11) is 0. The van der Waals surface area contributed by atoms with Crippen LogP contribution in [0.1, 0.15) is 40.9 Å². The second kappa shape index (κ2) is 7.05. The van der Waals surface area contributed by atoms with Crippen molar-refractivity contribution >= 4 is 37.6 Å². The van der Waals surface area contributed by atoms with Crippen molar-refractivity contribution in [2.75, 3.05) is 0 Å². The van der Waals surface area contributed by atoms with Gasteiger partial charge in [-0.15, -0.1) is 0 Å². The van der Waals surface area contributed by atoms with Crippen LogP contribution in [0.2, 0.25) is 0 Å². The summed E-state index contributed by atoms with van der Waals surface area (Å²) < 4.78 is 8.46. The minimum Gasteiger partial charge on any atom is -0.463 e. The molecule has 2 atom stereocenters. The van der Waals surface area contributed by atoms with Gasteiger partial charge in [0.1, 0.15) is 5.75 Å². The first-order valence-corrected chi connectivity index (χ1v) is 10.8. The summed E-state index contributed by atoms with van der Waals surface area (Å²) in [6, 6.07) is 23.2. The molecule has 28 heavy (non-hydrogen) atoms. The first-order valence-electron chi connectivity index (χ1n) is 9.23. The Morgan fingerprint density at radius 2 is 1.75 bits per heavy atom. The second-order valence-corrected chi connectivity index (χ2v) is 8.97. The van der Waals surface area contributed by atoms with Gasteiger partial charge in [-0.05, 0) is 40.5 Å². The summed E-state index contributed by atoms with van der Waals surface area (Å²) in [6.45, 7) is 2.11. The Morgan fingerprint density at radius 3 is 2.50 bits per heavy atom. The largest absolute Gasteiger partial charge is 0.463 e. The van der Waals surface area contributed by atoms with Gasteiger partial charge in [0.15, 0.2) is 0 Å². The molecule has 3 aromatic carbocycles. The number of aryl methyl sites for hydroxylation is 1. The smallest absolute Gasteiger partial charge is 0.213 e. The third kappa shape index (κ3) is 3.07. The van der Waals surface area contributed by atoms with Gasteiger partial charge in [0, 0.05) is 22.0 Å². The molecule has 3 nitrogen and oxygen atoms in total. The van der Waals surface area contributed by atoms with Gasteiger partial charge in [-0.25, -0.2) is 5.01 Å². The number of hydrogen-bond donors (Lipinski definition) is 0. The monoisotopic (exact) mass is 496 g/mol. The van der Waals surface area contributed by atoms with Crippen LogP contribution in [0, 0.1) is 6.92 Å². The molecule has 0 aliphatic carbocycles. The van der Waals surface area contributed by atoms with Crippen molar-refractivity contribution in [3.63, 3.8) is 0 Å². The van der Waals surface area contributed by atoms with E-state index < -0.39 is 0 Å². The third-order valence-corrected chi connectivity index (χ3v) is 6.32. The van der Waals surface area contributed by atoms with Crippen molar-refractivity contribution in [3.05, 3.63) is 97.9 Å². The first-order chi connectivity index (χ1) is 13.6. The fourth-order valence-electron chi connectivity index (χ4n) is 3.87. The minimum atomic E-state index is -0.251. The minimum absolute atomic E-state index is 0.138. The molecule has 140 valence electrons. The maximum Gasteiger partial charge on any atom is 0.213 e. The lowest BCUT2D eigenvalue weighted by atomic mass is 9.95. The van der Waals surface area contributed by atoms with Crippen LogP contribution in [0.25, 0.3) is 0 Å². The molecule has 3 aromatic rings. The molecule has 2 heterocycles. The Bertz CT molecular complexity index is 1060. The van der Waals surface area contributed by atoms with Crippen LogP contribution < -0.4 is 4.74 Å². The molecule has 0 saturated heterocycles. The molecule has 0 fully saturated rings. The van der Waals surface area contributed by atoms with E-state index in [-0.39, 0.29) is 12.3 Å². The summed E-state index contributed by atoms with van der Waals surface area (Å²) in [4.78, 5) is 0. The molecule has 0 N–H and O–H groups in total. The van der Waals surface area contributed by atoms with Crippen molar-refractivity contribution in [2.45, 2.75) is 25.6 Å². The average molecular weight is 498 g/mol. The zero-order valence-electron chi connectivity index (χ0n) is 15.3. The summed E-state index contributed by atoms with van der Waals surface area (Å²) in [5.74, 6) is 0.902. The summed E-state index contributed by atoms with van der Waals surface area (Å²) in [6.07, 6.45) is 0.602. The van der Waals surface area contributed by atoms with E-state index in [2.05, 4.69) is 86.3 Å². The van der Waals surface area contributed by atoms with E-state index in [9.17, 15) is 0 Å². The van der Waals surface area contributed by atoms with Crippen molar-refractivity contribution < 1.29 is 4.74 Å². The highest BCUT2D eigenvalue weighted by Gasteiger charge is 2.41. The number of benzene rings is 3. The molecule has 0 bridgehead atoms. The van der Waals surface area contributed by atoms with Crippen LogP contribution in [-0.2, 0) is 0 Å². The van der Waals surface area contributed by atoms with Crippen molar-refractivity contribution in [2.24, 2.45) is 5.10 Å². The lowest BCUT2D eigenvalue weighted by Crippen LogP contribution is -2.33. The van der Waals surface area contributed by atoms with Crippen LogP contribution in [0.5, 0.6) is 5.75 Å². The summed E-state index contributed by atoms with van der Waals surface area (Å²) >= 11 is 7.31. The Balaban J connectivity index is 1.63. The van der Waals surface area contributed by atoms with Gasteiger partial charge in [-0.3, -0.25) is 0 Å². The molecular weight excluding hydrogens is 480 g/mol. The van der Waals surface area contributed by atoms with Crippen LogP contribution in [0.3, 0.4) is 0 Å². The van der Waals surface area contributed by atoms with Gasteiger partial charge in [-0.1, -0.05) is 76.1 Å². The van der Waals surface area contributed by atoms with Gasteiger partial charge in [0.05, 0.1) is 16.2 Å². The molecule has 0 aromatic heterocycles. The van der Waals surface area contributed by atoms with E-state index in [0.29, 0.717) is 0 Å². The molecule has 0 amide bonds. The van der Waals surface area contributed by atoms with Crippen molar-refractivity contribution in [1.82, 2.24) is 5.01 Å². The van der Waals surface area contributed by atoms with Crippen LogP contribution >= 0.6 is 31.9 Å². The molecule has 2 aliphatic heterocycles. The molecule has 2 aliphatic rings. The van der Waals surface area contributed by atoms with Crippen LogP contribution in [0.15, 0.2) is 80.8 Å². The van der Waals surface area contributed by atoms with Gasteiger partial charge < -0.3 is 4.74 Å². The molecule has 0 spiro atoms. The zero-order valence-corrected chi connectivity index (χ0v) is 18.4. The van der Waals surface area contributed by atoms with E-state index in [1.807, 2.05) is 24.3 Å². The van der Waals surface area contributed by atoms with E-state index in [1.165, 1.54) is 11.1 Å². The standard InChI is InChI=1S/C23H18Br2N2O/c1-14-7-9-15(10-8-14)20-13-21-18-11-17(24)12-19(25)22(18)28-23(27(21)26-20)16-5-3-2-4-6-16/h2-12,21,23H,13H2,1H3/t21-,23-/m0/s1. The van der Waals surface area contributed by atoms with E-state index >= 15 is 0 Å². The first kappa shape index (κ1) is 18.0. The molecule has 0 saturated carbocycles. The van der Waals surface area contributed by atoms with Crippen molar-refractivity contribution in [1.29, 1.82) is 0 Å². The Labute approximate surface area is 181 Å². The summed E-state index contributed by atoms with van der Waals surface area (Å²) in [5.41, 5.74) is 5.77. The van der Waals surface area contributed by atoms with E-state index in [0.717, 1.165) is 38.0 Å². The highest BCUT2D eigenvalue weighted by atomic mass is 79.9. The lowest BCUT2D eigenvalue weighted by molar-refractivity contribution is -0.0197. The number of fused-ring (bicyclic) bond motifs is 3. The number of halogens is 2. The highest BCUT2D eigenvalue weighted by Crippen LogP contribution is 2.50. The Hall–Kier alpha value is -2.11. The maximum absolute atomic E-state index is 6.47. The van der Waals surface area contributed by atoms with Gasteiger partial charge in [0.25, 0.3) is 0 Å². The normalized spacial score (nSPS) is 20.2. The quantitative estimate of drug-likeness (QED) is 0.390. The van der Waals surface area contributed by atoms with Gasteiger partial charge in [0.2, 0.25) is 6.23 Å². The lowest BCUT2D eigenvalue weighted by Gasteiger charge is -2.38. The predicted molar refractivity (Wildman–Crippen MR) is 119 cm³/mol. The number of rotatable bonds is 2. The maximum atomic E-state index is 6.47. The summed E-state index contributed by atoms with van der Waals surface area (Å²) in [5, 5.41) is 7.14. The highest BCUT2D eigenvalue weighted by molar-refractivity contribution is 9.11.